The summed E-state index contributed by atoms with van der Waals surface area (Å²) in [5, 5.41) is 11.6. The van der Waals surface area contributed by atoms with Gasteiger partial charge in [0.2, 0.25) is 0 Å². The van der Waals surface area contributed by atoms with E-state index in [9.17, 15) is 9.59 Å². The van der Waals surface area contributed by atoms with E-state index in [0.29, 0.717) is 18.9 Å². The van der Waals surface area contributed by atoms with Crippen LogP contribution in [0.3, 0.4) is 0 Å². The molecule has 1 aromatic rings. The number of amides is 2. The zero-order chi connectivity index (χ0) is 15.1. The van der Waals surface area contributed by atoms with Crippen LogP contribution in [0.5, 0.6) is 0 Å². The zero-order valence-corrected chi connectivity index (χ0v) is 12.2. The van der Waals surface area contributed by atoms with Crippen molar-refractivity contribution in [2.24, 2.45) is 5.92 Å². The predicted molar refractivity (Wildman–Crippen MR) is 78.0 cm³/mol. The molecule has 0 aliphatic heterocycles. The second-order valence-electron chi connectivity index (χ2n) is 5.26. The number of carbonyl (C=O) groups excluding carboxylic acids is 1. The molecule has 2 amide bonds. The van der Waals surface area contributed by atoms with Gasteiger partial charge < -0.3 is 15.3 Å². The summed E-state index contributed by atoms with van der Waals surface area (Å²) in [6.07, 6.45) is 0.682. The lowest BCUT2D eigenvalue weighted by atomic mass is 10.1. The smallest absolute Gasteiger partial charge is 0.335 e. The van der Waals surface area contributed by atoms with Crippen LogP contribution in [0.15, 0.2) is 24.3 Å². The number of benzene rings is 1. The molecule has 0 unspecified atom stereocenters. The number of carboxylic acid groups (broad SMARTS) is 1. The summed E-state index contributed by atoms with van der Waals surface area (Å²) in [6, 6.07) is 6.61. The van der Waals surface area contributed by atoms with Gasteiger partial charge in [-0.1, -0.05) is 26.0 Å². The van der Waals surface area contributed by atoms with Crippen LogP contribution in [-0.4, -0.2) is 42.1 Å². The number of carbonyl (C=O) groups is 2. The lowest BCUT2D eigenvalue weighted by Crippen LogP contribution is -2.39. The van der Waals surface area contributed by atoms with Gasteiger partial charge in [0.1, 0.15) is 0 Å². The van der Waals surface area contributed by atoms with Gasteiger partial charge in [-0.2, -0.15) is 0 Å². The monoisotopic (exact) mass is 278 g/mol. The molecular weight excluding hydrogens is 256 g/mol. The first-order valence-corrected chi connectivity index (χ1v) is 6.71. The van der Waals surface area contributed by atoms with Gasteiger partial charge in [0.15, 0.2) is 0 Å². The van der Waals surface area contributed by atoms with E-state index < -0.39 is 5.97 Å². The molecule has 0 radical (unpaired) electrons. The van der Waals surface area contributed by atoms with Crippen LogP contribution >= 0.6 is 0 Å². The van der Waals surface area contributed by atoms with Crippen molar-refractivity contribution in [1.82, 2.24) is 10.2 Å². The van der Waals surface area contributed by atoms with Crippen LogP contribution in [0, 0.1) is 5.92 Å². The fourth-order valence-corrected chi connectivity index (χ4v) is 1.89. The minimum atomic E-state index is -0.930. The normalized spacial score (nSPS) is 10.4. The molecule has 0 heterocycles. The number of carboxylic acids is 1. The molecule has 2 N–H and O–H groups in total. The molecule has 0 aliphatic carbocycles. The first-order chi connectivity index (χ1) is 9.40. The summed E-state index contributed by atoms with van der Waals surface area (Å²) in [4.78, 5) is 24.1. The highest BCUT2D eigenvalue weighted by Gasteiger charge is 2.09. The van der Waals surface area contributed by atoms with E-state index >= 15 is 0 Å². The summed E-state index contributed by atoms with van der Waals surface area (Å²) in [5.74, 6) is -0.491. The molecule has 0 atom stereocenters. The molecule has 110 valence electrons. The Morgan fingerprint density at radius 1 is 1.25 bits per heavy atom. The van der Waals surface area contributed by atoms with Crippen molar-refractivity contribution < 1.29 is 14.7 Å². The molecule has 0 aliphatic rings. The number of hydrogen-bond donors (Lipinski definition) is 2. The topological polar surface area (TPSA) is 69.6 Å². The number of aromatic carboxylic acids is 1. The Morgan fingerprint density at radius 2 is 1.85 bits per heavy atom. The van der Waals surface area contributed by atoms with E-state index in [4.69, 9.17) is 5.11 Å². The molecule has 0 saturated carbocycles. The van der Waals surface area contributed by atoms with E-state index in [-0.39, 0.29) is 11.6 Å². The summed E-state index contributed by atoms with van der Waals surface area (Å²) < 4.78 is 0. The van der Waals surface area contributed by atoms with Crippen LogP contribution in [0.1, 0.15) is 29.8 Å². The third-order valence-corrected chi connectivity index (χ3v) is 2.88. The number of nitrogens with zero attached hydrogens (tertiary/aromatic N) is 1. The van der Waals surface area contributed by atoms with E-state index in [1.807, 2.05) is 0 Å². The Hall–Kier alpha value is -2.04. The SMILES string of the molecule is CC(C)CN(C)C(=O)NCCc1ccc(C(=O)O)cc1. The zero-order valence-electron chi connectivity index (χ0n) is 12.2. The molecule has 0 aromatic heterocycles. The van der Waals surface area contributed by atoms with Crippen molar-refractivity contribution in [3.05, 3.63) is 35.4 Å². The van der Waals surface area contributed by atoms with Crippen molar-refractivity contribution in [3.8, 4) is 0 Å². The second kappa shape index (κ2) is 7.53. The number of rotatable bonds is 6. The molecule has 20 heavy (non-hydrogen) atoms. The number of hydrogen-bond acceptors (Lipinski definition) is 2. The molecule has 5 nitrogen and oxygen atoms in total. The van der Waals surface area contributed by atoms with Gasteiger partial charge in [0.05, 0.1) is 5.56 Å². The van der Waals surface area contributed by atoms with Gasteiger partial charge in [-0.25, -0.2) is 9.59 Å². The first-order valence-electron chi connectivity index (χ1n) is 6.71. The average Bonchev–Trinajstić information content (AvgIpc) is 2.38. The number of urea groups is 1. The van der Waals surface area contributed by atoms with Crippen LogP contribution in [0.4, 0.5) is 4.79 Å². The summed E-state index contributed by atoms with van der Waals surface area (Å²) in [5.41, 5.74) is 1.27. The van der Waals surface area contributed by atoms with E-state index in [0.717, 1.165) is 12.1 Å². The Kier molecular flexibility index (Phi) is 6.03. The largest absolute Gasteiger partial charge is 0.478 e. The van der Waals surface area contributed by atoms with Gasteiger partial charge >= 0.3 is 12.0 Å². The molecule has 0 saturated heterocycles. The van der Waals surface area contributed by atoms with Crippen molar-refractivity contribution in [2.75, 3.05) is 20.1 Å². The highest BCUT2D eigenvalue weighted by atomic mass is 16.4. The minimum Gasteiger partial charge on any atom is -0.478 e. The molecule has 1 aromatic carbocycles. The average molecular weight is 278 g/mol. The first kappa shape index (κ1) is 16.0. The summed E-state index contributed by atoms with van der Waals surface area (Å²) in [7, 11) is 1.77. The Labute approximate surface area is 119 Å². The fraction of sp³-hybridized carbons (Fsp3) is 0.467. The van der Waals surface area contributed by atoms with Gasteiger partial charge in [-0.15, -0.1) is 0 Å². The quantitative estimate of drug-likeness (QED) is 0.838. The Balaban J connectivity index is 2.37. The molecule has 1 rings (SSSR count). The van der Waals surface area contributed by atoms with Crippen molar-refractivity contribution in [1.29, 1.82) is 0 Å². The highest BCUT2D eigenvalue weighted by Crippen LogP contribution is 2.05. The molecule has 0 spiro atoms. The van der Waals surface area contributed by atoms with E-state index in [1.165, 1.54) is 0 Å². The van der Waals surface area contributed by atoms with Crippen molar-refractivity contribution >= 4 is 12.0 Å². The van der Waals surface area contributed by atoms with Crippen LogP contribution < -0.4 is 5.32 Å². The van der Waals surface area contributed by atoms with Crippen molar-refractivity contribution in [2.45, 2.75) is 20.3 Å². The van der Waals surface area contributed by atoms with Crippen LogP contribution in [0.25, 0.3) is 0 Å². The summed E-state index contributed by atoms with van der Waals surface area (Å²) in [6.45, 7) is 5.38. The maximum absolute atomic E-state index is 11.7. The molecule has 0 bridgehead atoms. The van der Waals surface area contributed by atoms with Crippen LogP contribution in [0.2, 0.25) is 0 Å². The molecular formula is C15H22N2O3. The van der Waals surface area contributed by atoms with Crippen molar-refractivity contribution in [3.63, 3.8) is 0 Å². The van der Waals surface area contributed by atoms with Gasteiger partial charge in [-0.3, -0.25) is 0 Å². The predicted octanol–water partition coefficient (Wildman–Crippen LogP) is 2.22. The van der Waals surface area contributed by atoms with Gasteiger partial charge in [0, 0.05) is 20.1 Å². The number of nitrogens with one attached hydrogen (secondary N) is 1. The van der Waals surface area contributed by atoms with E-state index in [1.54, 1.807) is 36.2 Å². The van der Waals surface area contributed by atoms with Gasteiger partial charge in [0.25, 0.3) is 0 Å². The lowest BCUT2D eigenvalue weighted by molar-refractivity contribution is 0.0697. The second-order valence-corrected chi connectivity index (χ2v) is 5.26. The lowest BCUT2D eigenvalue weighted by Gasteiger charge is -2.19. The Morgan fingerprint density at radius 3 is 2.35 bits per heavy atom. The van der Waals surface area contributed by atoms with Crippen LogP contribution in [-0.2, 0) is 6.42 Å². The maximum atomic E-state index is 11.7. The third kappa shape index (κ3) is 5.30. The van der Waals surface area contributed by atoms with E-state index in [2.05, 4.69) is 19.2 Å². The fourth-order valence-electron chi connectivity index (χ4n) is 1.89. The molecule has 5 heteroatoms. The Bertz CT molecular complexity index is 455. The maximum Gasteiger partial charge on any atom is 0.335 e. The minimum absolute atomic E-state index is 0.0825. The van der Waals surface area contributed by atoms with Gasteiger partial charge in [-0.05, 0) is 30.0 Å². The highest BCUT2D eigenvalue weighted by molar-refractivity contribution is 5.87. The summed E-state index contributed by atoms with van der Waals surface area (Å²) >= 11 is 0. The standard InChI is InChI=1S/C15H22N2O3/c1-11(2)10-17(3)15(20)16-9-8-12-4-6-13(7-5-12)14(18)19/h4-7,11H,8-10H2,1-3H3,(H,16,20)(H,18,19). The molecule has 0 fully saturated rings. The third-order valence-electron chi connectivity index (χ3n) is 2.88.